The average Bonchev–Trinajstić information content (AvgIpc) is 1.90. The Kier molecular flexibility index (Phi) is 5.34. The van der Waals surface area contributed by atoms with E-state index in [1.807, 2.05) is 30.3 Å². The molecule has 1 aromatic carbocycles. The Balaban J connectivity index is 0.000000810. The van der Waals surface area contributed by atoms with Crippen molar-refractivity contribution in [2.24, 2.45) is 0 Å². The largest absolute Gasteiger partial charge is 0 e. The van der Waals surface area contributed by atoms with Gasteiger partial charge >= 0.3 is 66.8 Å². The van der Waals surface area contributed by atoms with Gasteiger partial charge in [0.05, 0.1) is 0 Å². The molecule has 0 bridgehead atoms. The molecule has 56 valence electrons. The zero-order chi connectivity index (χ0) is 6.69. The van der Waals surface area contributed by atoms with Crippen LogP contribution < -0.4 is 0 Å². The Morgan fingerprint density at radius 2 is 1.70 bits per heavy atom. The quantitative estimate of drug-likeness (QED) is 0.609. The second-order valence-corrected chi connectivity index (χ2v) is 2.71. The number of hydrogen-bond acceptors (Lipinski definition) is 1. The second-order valence-electron chi connectivity index (χ2n) is 1.65. The first-order valence-corrected chi connectivity index (χ1v) is 3.73. The Hall–Kier alpha value is 0.420. The van der Waals surface area contributed by atoms with Crippen LogP contribution in [0.25, 0.3) is 0 Å². The summed E-state index contributed by atoms with van der Waals surface area (Å²) < 4.78 is 0.131. The molecule has 10 heavy (non-hydrogen) atoms. The zero-order valence-corrected chi connectivity index (χ0v) is 9.50. The molecule has 0 heterocycles. The van der Waals surface area contributed by atoms with E-state index >= 15 is 0 Å². The van der Waals surface area contributed by atoms with Gasteiger partial charge in [-0.05, 0) is 0 Å². The maximum Gasteiger partial charge on any atom is 0 e. The van der Waals surface area contributed by atoms with Gasteiger partial charge < -0.3 is 0 Å². The molecule has 0 atom stereocenters. The maximum atomic E-state index is 10.6. The van der Waals surface area contributed by atoms with Crippen molar-refractivity contribution in [2.45, 2.75) is 0 Å². The molecule has 0 spiro atoms. The van der Waals surface area contributed by atoms with E-state index in [0.29, 0.717) is 0 Å². The van der Waals surface area contributed by atoms with Crippen LogP contribution in [0, 0.1) is 0 Å². The van der Waals surface area contributed by atoms with Crippen molar-refractivity contribution < 1.29 is 27.2 Å². The van der Waals surface area contributed by atoms with Crippen molar-refractivity contribution >= 4 is 26.1 Å². The van der Waals surface area contributed by atoms with E-state index in [2.05, 4.69) is 0 Å². The van der Waals surface area contributed by atoms with Gasteiger partial charge in [0.2, 0.25) is 0 Å². The van der Waals surface area contributed by atoms with Gasteiger partial charge in [-0.3, -0.25) is 0 Å². The van der Waals surface area contributed by atoms with Gasteiger partial charge in [-0.25, -0.2) is 0 Å². The van der Waals surface area contributed by atoms with E-state index < -0.39 is 0 Å². The molecule has 2 radical (unpaired) electrons. The fraction of sp³-hybridized carbons (Fsp3) is 0. The van der Waals surface area contributed by atoms with Crippen LogP contribution in [0.5, 0.6) is 0 Å². The number of benzene rings is 1. The summed E-state index contributed by atoms with van der Waals surface area (Å²) in [6.07, 6.45) is 0. The van der Waals surface area contributed by atoms with Crippen LogP contribution in [0.1, 0.15) is 10.4 Å². The van der Waals surface area contributed by atoms with E-state index in [0.717, 1.165) is 5.56 Å². The summed E-state index contributed by atoms with van der Waals surface area (Å²) in [6.45, 7) is 0. The van der Waals surface area contributed by atoms with Gasteiger partial charge in [0.15, 0.2) is 0 Å². The molecule has 1 rings (SSSR count). The van der Waals surface area contributed by atoms with Crippen molar-refractivity contribution in [3.05, 3.63) is 35.9 Å². The van der Waals surface area contributed by atoms with E-state index in [1.54, 1.807) is 0 Å². The van der Waals surface area contributed by atoms with Crippen LogP contribution in [0.3, 0.4) is 0 Å². The third kappa shape index (κ3) is 3.01. The van der Waals surface area contributed by atoms with Crippen molar-refractivity contribution in [1.82, 2.24) is 0 Å². The molecule has 0 amide bonds. The van der Waals surface area contributed by atoms with Crippen LogP contribution >= 0.6 is 0 Å². The van der Waals surface area contributed by atoms with Crippen LogP contribution in [0.2, 0.25) is 0 Å². The maximum absolute atomic E-state index is 10.6. The van der Waals surface area contributed by atoms with Gasteiger partial charge in [-0.2, -0.15) is 0 Å². The molecule has 0 fully saturated rings. The average molecular weight is 430 g/mol. The van der Waals surface area contributed by atoms with E-state index in [4.69, 9.17) is 0 Å². The number of hydrogen-bond donors (Lipinski definition) is 0. The monoisotopic (exact) mass is 432 g/mol. The molecule has 1 nitrogen and oxygen atoms in total. The van der Waals surface area contributed by atoms with Crippen molar-refractivity contribution in [3.63, 3.8) is 0 Å². The van der Waals surface area contributed by atoms with Crippen LogP contribution in [-0.4, -0.2) is 26.1 Å². The fourth-order valence-electron chi connectivity index (χ4n) is 0.574. The summed E-state index contributed by atoms with van der Waals surface area (Å²) >= 11 is 1.50. The minimum atomic E-state index is 0. The molecule has 0 unspecified atom stereocenters. The van der Waals surface area contributed by atoms with Crippen molar-refractivity contribution in [2.75, 3.05) is 0 Å². The summed E-state index contributed by atoms with van der Waals surface area (Å²) in [7, 11) is 0. The molecule has 0 aliphatic rings. The van der Waals surface area contributed by atoms with Crippen molar-refractivity contribution in [1.29, 1.82) is 0 Å². The molecule has 0 aliphatic carbocycles. The topological polar surface area (TPSA) is 17.1 Å². The third-order valence-electron chi connectivity index (χ3n) is 1.01. The van der Waals surface area contributed by atoms with Crippen molar-refractivity contribution in [3.8, 4) is 0 Å². The van der Waals surface area contributed by atoms with E-state index in [1.165, 1.54) is 22.3 Å². The summed E-state index contributed by atoms with van der Waals surface area (Å²) in [5, 5.41) is 0. The Bertz CT molecular complexity index is 210. The Morgan fingerprint density at radius 3 is 2.00 bits per heavy atom. The predicted molar refractivity (Wildman–Crippen MR) is 36.5 cm³/mol. The third-order valence-corrected chi connectivity index (χ3v) is 1.68. The van der Waals surface area contributed by atoms with Gasteiger partial charge in [0.1, 0.15) is 0 Å². The number of carbonyl (C=O) groups is 1. The molecular formula is C7H5AuOTe. The molecule has 0 saturated carbocycles. The summed E-state index contributed by atoms with van der Waals surface area (Å²) in [4.78, 5) is 10.6. The molecule has 3 heteroatoms. The van der Waals surface area contributed by atoms with Gasteiger partial charge in [0, 0.05) is 22.4 Å². The predicted octanol–water partition coefficient (Wildman–Crippen LogP) is 0.993. The van der Waals surface area contributed by atoms with E-state index in [9.17, 15) is 4.79 Å². The Labute approximate surface area is 88.6 Å². The number of rotatable bonds is 1. The minimum Gasteiger partial charge on any atom is 0 e. The molecule has 0 aromatic heterocycles. The van der Waals surface area contributed by atoms with Gasteiger partial charge in [-0.1, -0.05) is 0 Å². The normalized spacial score (nSPS) is 8.00. The van der Waals surface area contributed by atoms with E-state index in [-0.39, 0.29) is 26.2 Å². The molecule has 0 aliphatic heterocycles. The standard InChI is InChI=1S/C7H5OTe.Au/c8-7(9)6-4-2-1-3-5-6;/h1-5H;. The summed E-state index contributed by atoms with van der Waals surface area (Å²) in [5.74, 6) is 0. The van der Waals surface area contributed by atoms with Crippen LogP contribution in [0.15, 0.2) is 30.3 Å². The summed E-state index contributed by atoms with van der Waals surface area (Å²) in [5.41, 5.74) is 0.780. The smallest absolute Gasteiger partial charge is 0 e. The van der Waals surface area contributed by atoms with Crippen LogP contribution in [-0.2, 0) is 22.4 Å². The minimum absolute atomic E-state index is 0. The first-order chi connectivity index (χ1) is 4.30. The summed E-state index contributed by atoms with van der Waals surface area (Å²) in [6, 6.07) is 9.24. The molecular weight excluding hydrogens is 425 g/mol. The van der Waals surface area contributed by atoms with Gasteiger partial charge in [-0.15, -0.1) is 0 Å². The first-order valence-electron chi connectivity index (χ1n) is 2.57. The fourth-order valence-corrected chi connectivity index (χ4v) is 0.963. The second kappa shape index (κ2) is 5.12. The molecule has 0 saturated heterocycles. The first kappa shape index (κ1) is 10.4. The SMILES string of the molecule is O=C([Te])c1ccccc1.[Au]. The van der Waals surface area contributed by atoms with Gasteiger partial charge in [0.25, 0.3) is 0 Å². The number of carbonyl (C=O) groups excluding carboxylic acids is 1. The molecule has 1 aromatic rings. The van der Waals surface area contributed by atoms with Crippen LogP contribution in [0.4, 0.5) is 0 Å². The molecule has 0 N–H and O–H groups in total. The Morgan fingerprint density at radius 1 is 1.20 bits per heavy atom. The zero-order valence-electron chi connectivity index (χ0n) is 5.00.